The van der Waals surface area contributed by atoms with Gasteiger partial charge in [-0.25, -0.2) is 0 Å². The molecule has 124 valence electrons. The van der Waals surface area contributed by atoms with Gasteiger partial charge in [-0.05, 0) is 29.5 Å². The molecule has 1 unspecified atom stereocenters. The molecule has 5 heteroatoms. The van der Waals surface area contributed by atoms with Crippen molar-refractivity contribution in [3.05, 3.63) is 57.2 Å². The van der Waals surface area contributed by atoms with E-state index in [1.165, 1.54) is 10.4 Å². The van der Waals surface area contributed by atoms with Crippen LogP contribution in [-0.2, 0) is 13.1 Å². The summed E-state index contributed by atoms with van der Waals surface area (Å²) in [6, 6.07) is 12.8. The van der Waals surface area contributed by atoms with Crippen molar-refractivity contribution in [1.82, 2.24) is 9.80 Å². The molecule has 1 aliphatic rings. The Morgan fingerprint density at radius 2 is 2.00 bits per heavy atom. The Morgan fingerprint density at radius 1 is 1.13 bits per heavy atom. The molecule has 0 bridgehead atoms. The molecule has 0 saturated carbocycles. The number of benzene rings is 1. The van der Waals surface area contributed by atoms with E-state index in [-0.39, 0.29) is 6.61 Å². The van der Waals surface area contributed by atoms with Crippen molar-refractivity contribution in [2.75, 3.05) is 26.2 Å². The first-order valence-electron chi connectivity index (χ1n) is 8.09. The quantitative estimate of drug-likeness (QED) is 0.864. The summed E-state index contributed by atoms with van der Waals surface area (Å²) in [5.41, 5.74) is 1.18. The molecule has 1 N–H and O–H groups in total. The molecule has 3 nitrogen and oxygen atoms in total. The minimum atomic E-state index is 0.242. The van der Waals surface area contributed by atoms with Crippen molar-refractivity contribution in [1.29, 1.82) is 0 Å². The number of piperazine rings is 1. The first-order chi connectivity index (χ1) is 11.3. The zero-order valence-electron chi connectivity index (χ0n) is 13.2. The van der Waals surface area contributed by atoms with E-state index in [2.05, 4.69) is 33.4 Å². The van der Waals surface area contributed by atoms with Crippen molar-refractivity contribution in [3.63, 3.8) is 0 Å². The Bertz CT molecular complexity index is 605. The minimum Gasteiger partial charge on any atom is -0.396 e. The third kappa shape index (κ3) is 4.55. The van der Waals surface area contributed by atoms with E-state index in [0.29, 0.717) is 6.04 Å². The van der Waals surface area contributed by atoms with Crippen LogP contribution < -0.4 is 0 Å². The van der Waals surface area contributed by atoms with Crippen LogP contribution >= 0.6 is 22.9 Å². The van der Waals surface area contributed by atoms with Gasteiger partial charge < -0.3 is 5.11 Å². The van der Waals surface area contributed by atoms with E-state index in [0.717, 1.165) is 44.2 Å². The molecular weight excluding hydrogens is 328 g/mol. The van der Waals surface area contributed by atoms with Gasteiger partial charge in [-0.15, -0.1) is 11.3 Å². The zero-order chi connectivity index (χ0) is 16.1. The van der Waals surface area contributed by atoms with Gasteiger partial charge in [0.2, 0.25) is 0 Å². The highest BCUT2D eigenvalue weighted by molar-refractivity contribution is 7.09. The lowest BCUT2D eigenvalue weighted by Crippen LogP contribution is -2.52. The standard InChI is InChI=1S/C18H23ClN2OS/c19-18-6-2-1-4-15(18)12-20-8-9-21(16(13-20)7-10-22)14-17-5-3-11-23-17/h1-6,11,16,22H,7-10,12-14H2. The highest BCUT2D eigenvalue weighted by Crippen LogP contribution is 2.22. The van der Waals surface area contributed by atoms with Crippen molar-refractivity contribution in [3.8, 4) is 0 Å². The van der Waals surface area contributed by atoms with E-state index in [1.807, 2.05) is 18.2 Å². The smallest absolute Gasteiger partial charge is 0.0451 e. The maximum Gasteiger partial charge on any atom is 0.0451 e. The van der Waals surface area contributed by atoms with E-state index in [9.17, 15) is 5.11 Å². The van der Waals surface area contributed by atoms with Crippen molar-refractivity contribution in [2.24, 2.45) is 0 Å². The lowest BCUT2D eigenvalue weighted by Gasteiger charge is -2.41. The number of nitrogens with zero attached hydrogens (tertiary/aromatic N) is 2. The molecule has 1 saturated heterocycles. The second-order valence-electron chi connectivity index (χ2n) is 6.04. The Hall–Kier alpha value is -0.910. The van der Waals surface area contributed by atoms with Gasteiger partial charge in [0.15, 0.2) is 0 Å². The summed E-state index contributed by atoms with van der Waals surface area (Å²) in [4.78, 5) is 6.35. The average molecular weight is 351 g/mol. The number of aliphatic hydroxyl groups excluding tert-OH is 1. The lowest BCUT2D eigenvalue weighted by molar-refractivity contribution is 0.0507. The fourth-order valence-electron chi connectivity index (χ4n) is 3.20. The zero-order valence-corrected chi connectivity index (χ0v) is 14.8. The molecule has 1 aliphatic heterocycles. The first kappa shape index (κ1) is 16.9. The Kier molecular flexibility index (Phi) is 6.08. The largest absolute Gasteiger partial charge is 0.396 e. The molecule has 2 heterocycles. The summed E-state index contributed by atoms with van der Waals surface area (Å²) < 4.78 is 0. The Balaban J connectivity index is 1.62. The topological polar surface area (TPSA) is 26.7 Å². The van der Waals surface area contributed by atoms with E-state index in [1.54, 1.807) is 11.3 Å². The second-order valence-corrected chi connectivity index (χ2v) is 7.48. The van der Waals surface area contributed by atoms with E-state index < -0.39 is 0 Å². The van der Waals surface area contributed by atoms with Gasteiger partial charge in [-0.2, -0.15) is 0 Å². The number of aliphatic hydroxyl groups is 1. The monoisotopic (exact) mass is 350 g/mol. The normalized spacial score (nSPS) is 20.0. The summed E-state index contributed by atoms with van der Waals surface area (Å²) in [5.74, 6) is 0. The van der Waals surface area contributed by atoms with Crippen LogP contribution in [0.3, 0.4) is 0 Å². The molecule has 2 aromatic rings. The summed E-state index contributed by atoms with van der Waals surface area (Å²) in [7, 11) is 0. The fourth-order valence-corrected chi connectivity index (χ4v) is 4.13. The van der Waals surface area contributed by atoms with Crippen LogP contribution in [0.4, 0.5) is 0 Å². The number of hydrogen-bond donors (Lipinski definition) is 1. The van der Waals surface area contributed by atoms with Crippen LogP contribution in [0.5, 0.6) is 0 Å². The van der Waals surface area contributed by atoms with Gasteiger partial charge >= 0.3 is 0 Å². The summed E-state index contributed by atoms with van der Waals surface area (Å²) in [6.45, 7) is 5.17. The second kappa shape index (κ2) is 8.27. The van der Waals surface area contributed by atoms with E-state index in [4.69, 9.17) is 11.6 Å². The molecule has 1 fully saturated rings. The van der Waals surface area contributed by atoms with Gasteiger partial charge in [0.25, 0.3) is 0 Å². The van der Waals surface area contributed by atoms with E-state index >= 15 is 0 Å². The molecule has 3 rings (SSSR count). The fraction of sp³-hybridized carbons (Fsp3) is 0.444. The summed E-state index contributed by atoms with van der Waals surface area (Å²) in [5, 5.41) is 12.4. The predicted octanol–water partition coefficient (Wildman–Crippen LogP) is 3.47. The molecular formula is C18H23ClN2OS. The third-order valence-corrected chi connectivity index (χ3v) is 5.67. The molecule has 1 aromatic carbocycles. The highest BCUT2D eigenvalue weighted by Gasteiger charge is 2.27. The summed E-state index contributed by atoms with van der Waals surface area (Å²) >= 11 is 8.10. The molecule has 0 aliphatic carbocycles. The Labute approximate surface area is 147 Å². The molecule has 0 radical (unpaired) electrons. The van der Waals surface area contributed by atoms with Crippen LogP contribution in [0, 0.1) is 0 Å². The maximum atomic E-state index is 9.42. The molecule has 1 atom stereocenters. The SMILES string of the molecule is OCCC1CN(Cc2ccccc2Cl)CCN1Cc1cccs1. The number of thiophene rings is 1. The van der Waals surface area contributed by atoms with Gasteiger partial charge in [-0.1, -0.05) is 35.9 Å². The van der Waals surface area contributed by atoms with Crippen LogP contribution in [0.1, 0.15) is 16.9 Å². The maximum absolute atomic E-state index is 9.42. The van der Waals surface area contributed by atoms with Crippen molar-refractivity contribution >= 4 is 22.9 Å². The van der Waals surface area contributed by atoms with Crippen molar-refractivity contribution in [2.45, 2.75) is 25.6 Å². The third-order valence-electron chi connectivity index (χ3n) is 4.44. The van der Waals surface area contributed by atoms with Crippen LogP contribution in [0.25, 0.3) is 0 Å². The number of halogens is 1. The van der Waals surface area contributed by atoms with Crippen LogP contribution in [0.15, 0.2) is 41.8 Å². The highest BCUT2D eigenvalue weighted by atomic mass is 35.5. The predicted molar refractivity (Wildman–Crippen MR) is 96.9 cm³/mol. The Morgan fingerprint density at radius 3 is 2.74 bits per heavy atom. The van der Waals surface area contributed by atoms with Gasteiger partial charge in [0.05, 0.1) is 0 Å². The number of hydrogen-bond acceptors (Lipinski definition) is 4. The molecule has 1 aromatic heterocycles. The lowest BCUT2D eigenvalue weighted by atomic mass is 10.1. The molecule has 23 heavy (non-hydrogen) atoms. The van der Waals surface area contributed by atoms with Crippen molar-refractivity contribution < 1.29 is 5.11 Å². The summed E-state index contributed by atoms with van der Waals surface area (Å²) in [6.07, 6.45) is 0.824. The van der Waals surface area contributed by atoms with Crippen LogP contribution in [0.2, 0.25) is 5.02 Å². The van der Waals surface area contributed by atoms with Gasteiger partial charge in [0.1, 0.15) is 0 Å². The van der Waals surface area contributed by atoms with Crippen LogP contribution in [-0.4, -0.2) is 47.2 Å². The van der Waals surface area contributed by atoms with Gasteiger partial charge in [0, 0.05) is 55.3 Å². The average Bonchev–Trinajstić information content (AvgIpc) is 3.05. The first-order valence-corrected chi connectivity index (χ1v) is 9.35. The molecule has 0 amide bonds. The van der Waals surface area contributed by atoms with Gasteiger partial charge in [-0.3, -0.25) is 9.80 Å². The number of rotatable bonds is 6. The molecule has 0 spiro atoms. The minimum absolute atomic E-state index is 0.242.